The third kappa shape index (κ3) is 3.53. The summed E-state index contributed by atoms with van der Waals surface area (Å²) in [6.45, 7) is 2.62. The molecule has 2 aromatic rings. The van der Waals surface area contributed by atoms with Crippen LogP contribution >= 0.6 is 15.9 Å². The lowest BCUT2D eigenvalue weighted by molar-refractivity contribution is 0.151. The maximum Gasteiger partial charge on any atom is 0.263 e. The van der Waals surface area contributed by atoms with Crippen LogP contribution in [0.4, 0.5) is 14.5 Å². The number of nitrogens with one attached hydrogen (secondary N) is 1. The largest absolute Gasteiger partial charge is 0.380 e. The Bertz CT molecular complexity index is 553. The van der Waals surface area contributed by atoms with Crippen LogP contribution in [0.2, 0.25) is 0 Å². The summed E-state index contributed by atoms with van der Waals surface area (Å²) < 4.78 is 25.9. The van der Waals surface area contributed by atoms with E-state index in [-0.39, 0.29) is 5.56 Å². The minimum absolute atomic E-state index is 0.0560. The molecule has 0 fully saturated rings. The van der Waals surface area contributed by atoms with E-state index in [0.29, 0.717) is 6.54 Å². The molecule has 0 amide bonds. The first-order valence-corrected chi connectivity index (χ1v) is 6.73. The summed E-state index contributed by atoms with van der Waals surface area (Å²) in [6, 6.07) is 12.3. The molecular weight excluding hydrogens is 312 g/mol. The molecule has 1 nitrogen and oxygen atoms in total. The Kier molecular flexibility index (Phi) is 4.53. The molecule has 0 aliphatic carbocycles. The highest BCUT2D eigenvalue weighted by atomic mass is 79.9. The van der Waals surface area contributed by atoms with Gasteiger partial charge in [-0.15, -0.1) is 0 Å². The Balaban J connectivity index is 2.04. The van der Waals surface area contributed by atoms with Crippen molar-refractivity contribution in [2.75, 3.05) is 5.32 Å². The van der Waals surface area contributed by atoms with Crippen molar-refractivity contribution in [1.29, 1.82) is 0 Å². The molecular formula is C15H14BrF2N. The van der Waals surface area contributed by atoms with Crippen LogP contribution < -0.4 is 5.32 Å². The maximum atomic E-state index is 12.4. The van der Waals surface area contributed by atoms with Crippen LogP contribution in [0.25, 0.3) is 0 Å². The second kappa shape index (κ2) is 6.15. The average molecular weight is 326 g/mol. The van der Waals surface area contributed by atoms with Gasteiger partial charge in [0.15, 0.2) is 0 Å². The third-order valence-electron chi connectivity index (χ3n) is 2.91. The van der Waals surface area contributed by atoms with Gasteiger partial charge in [-0.2, -0.15) is 0 Å². The Morgan fingerprint density at radius 1 is 1.11 bits per heavy atom. The smallest absolute Gasteiger partial charge is 0.263 e. The molecule has 0 heterocycles. The minimum Gasteiger partial charge on any atom is -0.380 e. The number of alkyl halides is 2. The Labute approximate surface area is 119 Å². The molecule has 2 aromatic carbocycles. The summed E-state index contributed by atoms with van der Waals surface area (Å²) in [6.07, 6.45) is -2.41. The lowest BCUT2D eigenvalue weighted by atomic mass is 10.1. The van der Waals surface area contributed by atoms with Gasteiger partial charge in [0.2, 0.25) is 0 Å². The number of rotatable bonds is 4. The molecule has 0 unspecified atom stereocenters. The second-order valence-corrected chi connectivity index (χ2v) is 5.13. The fraction of sp³-hybridized carbons (Fsp3) is 0.200. The Hall–Kier alpha value is -1.42. The molecule has 1 N–H and O–H groups in total. The molecule has 0 atom stereocenters. The van der Waals surface area contributed by atoms with Crippen LogP contribution in [0.5, 0.6) is 0 Å². The number of benzene rings is 2. The first kappa shape index (κ1) is 14.0. The molecule has 0 aliphatic rings. The van der Waals surface area contributed by atoms with E-state index in [0.717, 1.165) is 21.3 Å². The van der Waals surface area contributed by atoms with Crippen molar-refractivity contribution in [3.63, 3.8) is 0 Å². The van der Waals surface area contributed by atoms with E-state index in [2.05, 4.69) is 21.2 Å². The van der Waals surface area contributed by atoms with Crippen molar-refractivity contribution in [2.45, 2.75) is 19.9 Å². The number of aryl methyl sites for hydroxylation is 1. The van der Waals surface area contributed by atoms with Crippen molar-refractivity contribution >= 4 is 21.6 Å². The molecule has 4 heteroatoms. The molecule has 0 spiro atoms. The fourth-order valence-electron chi connectivity index (χ4n) is 1.76. The van der Waals surface area contributed by atoms with E-state index < -0.39 is 6.43 Å². The predicted octanol–water partition coefficient (Wildman–Crippen LogP) is 5.31. The van der Waals surface area contributed by atoms with Gasteiger partial charge in [-0.05, 0) is 40.0 Å². The van der Waals surface area contributed by atoms with E-state index in [9.17, 15) is 8.78 Å². The first-order valence-electron chi connectivity index (χ1n) is 5.94. The molecule has 0 saturated heterocycles. The summed E-state index contributed by atoms with van der Waals surface area (Å²) in [7, 11) is 0. The van der Waals surface area contributed by atoms with Gasteiger partial charge in [0.1, 0.15) is 0 Å². The molecule has 0 bridgehead atoms. The summed E-state index contributed by atoms with van der Waals surface area (Å²) >= 11 is 3.52. The number of halogens is 3. The molecule has 0 saturated carbocycles. The van der Waals surface area contributed by atoms with Crippen molar-refractivity contribution in [3.8, 4) is 0 Å². The maximum absolute atomic E-state index is 12.4. The monoisotopic (exact) mass is 325 g/mol. The quantitative estimate of drug-likeness (QED) is 0.803. The van der Waals surface area contributed by atoms with Crippen molar-refractivity contribution in [3.05, 3.63) is 63.6 Å². The lowest BCUT2D eigenvalue weighted by Crippen LogP contribution is -2.00. The predicted molar refractivity (Wildman–Crippen MR) is 77.6 cm³/mol. The highest BCUT2D eigenvalue weighted by Gasteiger charge is 2.06. The zero-order valence-electron chi connectivity index (χ0n) is 10.5. The molecule has 100 valence electrons. The van der Waals surface area contributed by atoms with Crippen LogP contribution in [0.1, 0.15) is 23.1 Å². The van der Waals surface area contributed by atoms with Gasteiger partial charge >= 0.3 is 0 Å². The summed E-state index contributed by atoms with van der Waals surface area (Å²) in [5.41, 5.74) is 3.18. The summed E-state index contributed by atoms with van der Waals surface area (Å²) in [5.74, 6) is 0. The topological polar surface area (TPSA) is 12.0 Å². The van der Waals surface area contributed by atoms with Gasteiger partial charge in [0.25, 0.3) is 6.43 Å². The normalized spacial score (nSPS) is 10.8. The third-order valence-corrected chi connectivity index (χ3v) is 3.96. The van der Waals surface area contributed by atoms with Gasteiger partial charge < -0.3 is 5.32 Å². The second-order valence-electron chi connectivity index (χ2n) is 4.33. The van der Waals surface area contributed by atoms with E-state index in [1.54, 1.807) is 12.1 Å². The highest BCUT2D eigenvalue weighted by molar-refractivity contribution is 9.10. The molecule has 2 rings (SSSR count). The summed E-state index contributed by atoms with van der Waals surface area (Å²) in [4.78, 5) is 0. The van der Waals surface area contributed by atoms with Crippen LogP contribution in [0.3, 0.4) is 0 Å². The number of hydrogen-bond acceptors (Lipinski definition) is 1. The van der Waals surface area contributed by atoms with Gasteiger partial charge in [-0.25, -0.2) is 8.78 Å². The van der Waals surface area contributed by atoms with Crippen LogP contribution in [-0.2, 0) is 6.54 Å². The standard InChI is InChI=1S/C15H14BrF2N/c1-10-3-2-4-13(14(10)16)19-9-11-5-7-12(8-6-11)15(17)18/h2-8,15,19H,9H2,1H3. The van der Waals surface area contributed by atoms with Crippen molar-refractivity contribution in [2.24, 2.45) is 0 Å². The van der Waals surface area contributed by atoms with Gasteiger partial charge in [-0.3, -0.25) is 0 Å². The number of anilines is 1. The fourth-order valence-corrected chi connectivity index (χ4v) is 2.17. The zero-order valence-corrected chi connectivity index (χ0v) is 12.0. The molecule has 0 aliphatic heterocycles. The van der Waals surface area contributed by atoms with E-state index >= 15 is 0 Å². The van der Waals surface area contributed by atoms with E-state index in [1.807, 2.05) is 25.1 Å². The molecule has 19 heavy (non-hydrogen) atoms. The zero-order chi connectivity index (χ0) is 13.8. The Morgan fingerprint density at radius 3 is 2.42 bits per heavy atom. The lowest BCUT2D eigenvalue weighted by Gasteiger charge is -2.10. The summed E-state index contributed by atoms with van der Waals surface area (Å²) in [5, 5.41) is 3.28. The molecule has 0 radical (unpaired) electrons. The van der Waals surface area contributed by atoms with E-state index in [1.165, 1.54) is 12.1 Å². The van der Waals surface area contributed by atoms with E-state index in [4.69, 9.17) is 0 Å². The van der Waals surface area contributed by atoms with Gasteiger partial charge in [-0.1, -0.05) is 36.4 Å². The van der Waals surface area contributed by atoms with Crippen LogP contribution in [0, 0.1) is 6.92 Å². The van der Waals surface area contributed by atoms with Crippen molar-refractivity contribution in [1.82, 2.24) is 0 Å². The SMILES string of the molecule is Cc1cccc(NCc2ccc(C(F)F)cc2)c1Br. The minimum atomic E-state index is -2.41. The first-order chi connectivity index (χ1) is 9.08. The Morgan fingerprint density at radius 2 is 1.79 bits per heavy atom. The number of hydrogen-bond donors (Lipinski definition) is 1. The van der Waals surface area contributed by atoms with Crippen LogP contribution in [0.15, 0.2) is 46.9 Å². The van der Waals surface area contributed by atoms with Gasteiger partial charge in [0.05, 0.1) is 0 Å². The molecule has 0 aromatic heterocycles. The van der Waals surface area contributed by atoms with Crippen molar-refractivity contribution < 1.29 is 8.78 Å². The average Bonchev–Trinajstić information content (AvgIpc) is 2.41. The highest BCUT2D eigenvalue weighted by Crippen LogP contribution is 2.26. The van der Waals surface area contributed by atoms with Gasteiger partial charge in [0, 0.05) is 22.3 Å². The van der Waals surface area contributed by atoms with Crippen LogP contribution in [-0.4, -0.2) is 0 Å².